The van der Waals surface area contributed by atoms with Crippen molar-refractivity contribution >= 4 is 54.4 Å². The van der Waals surface area contributed by atoms with Gasteiger partial charge in [0, 0.05) is 85.5 Å². The summed E-state index contributed by atoms with van der Waals surface area (Å²) in [6.07, 6.45) is 3.63. The Balaban J connectivity index is 0.000000158. The minimum atomic E-state index is 0. The number of hydrogen-bond acceptors (Lipinski definition) is 2. The number of benzene rings is 9. The molecule has 4 aromatic heterocycles. The first kappa shape index (κ1) is 45.6. The van der Waals surface area contributed by atoms with Crippen LogP contribution in [0.5, 0.6) is 0 Å². The van der Waals surface area contributed by atoms with Crippen molar-refractivity contribution in [1.29, 1.82) is 0 Å². The van der Waals surface area contributed by atoms with Crippen LogP contribution in [0.1, 0.15) is 0 Å². The topological polar surface area (TPSA) is 35.6 Å². The second-order valence-corrected chi connectivity index (χ2v) is 16.0. The fourth-order valence-electron chi connectivity index (χ4n) is 8.96. The van der Waals surface area contributed by atoms with Gasteiger partial charge in [-0.15, -0.1) is 71.8 Å². The van der Waals surface area contributed by atoms with E-state index < -0.39 is 0 Å². The van der Waals surface area contributed by atoms with Crippen molar-refractivity contribution in [2.24, 2.45) is 0 Å². The molecule has 9 aromatic carbocycles. The molecule has 0 spiro atoms. The van der Waals surface area contributed by atoms with Crippen molar-refractivity contribution < 1.29 is 40.2 Å². The Labute approximate surface area is 422 Å². The first-order chi connectivity index (χ1) is 32.8. The van der Waals surface area contributed by atoms with Gasteiger partial charge in [0.05, 0.1) is 22.1 Å². The summed E-state index contributed by atoms with van der Waals surface area (Å²) in [5.74, 6) is 0. The van der Waals surface area contributed by atoms with Gasteiger partial charge in [0.15, 0.2) is 0 Å². The third-order valence-corrected chi connectivity index (χ3v) is 12.0. The first-order valence-electron chi connectivity index (χ1n) is 22.2. The van der Waals surface area contributed by atoms with Crippen LogP contribution in [0.3, 0.4) is 0 Å². The molecule has 2 radical (unpaired) electrons. The predicted octanol–water partition coefficient (Wildman–Crippen LogP) is 15.8. The SMILES string of the molecule is [Ir].[Ir].[c-]1ccccc1-c1ccccn1.[c-]1ccccc1-c1nccc2ccccc12.c1ccc2c(c1)c1ccccc1n2-c1ccc(-c2ccc(-n3c4ccccc4c4ccccc43)cc2)cc1. The molecule has 0 amide bonds. The Morgan fingerprint density at radius 2 is 0.721 bits per heavy atom. The first-order valence-corrected chi connectivity index (χ1v) is 22.2. The summed E-state index contributed by atoms with van der Waals surface area (Å²) < 4.78 is 4.72. The minimum Gasteiger partial charge on any atom is -0.309 e. The predicted molar refractivity (Wildman–Crippen MR) is 275 cm³/mol. The van der Waals surface area contributed by atoms with E-state index in [0.717, 1.165) is 22.5 Å². The summed E-state index contributed by atoms with van der Waals surface area (Å²) in [4.78, 5) is 8.66. The molecule has 4 heterocycles. The molecule has 0 unspecified atom stereocenters. The van der Waals surface area contributed by atoms with Gasteiger partial charge in [-0.2, -0.15) is 0 Å². The number of para-hydroxylation sites is 4. The van der Waals surface area contributed by atoms with Gasteiger partial charge >= 0.3 is 0 Å². The van der Waals surface area contributed by atoms with E-state index in [-0.39, 0.29) is 40.2 Å². The molecule has 0 atom stereocenters. The number of pyridine rings is 2. The van der Waals surface area contributed by atoms with E-state index in [9.17, 15) is 0 Å². The Bertz CT molecular complexity index is 3430. The molecule has 13 aromatic rings. The molecule has 0 saturated heterocycles. The molecular formula is C62H42Ir2N4-2. The Kier molecular flexibility index (Phi) is 14.0. The second-order valence-electron chi connectivity index (χ2n) is 16.0. The number of hydrogen-bond donors (Lipinski definition) is 0. The fraction of sp³-hybridized carbons (Fsp3) is 0. The summed E-state index contributed by atoms with van der Waals surface area (Å²) in [5, 5.41) is 7.53. The van der Waals surface area contributed by atoms with Gasteiger partial charge in [-0.3, -0.25) is 0 Å². The van der Waals surface area contributed by atoms with Crippen molar-refractivity contribution in [3.63, 3.8) is 0 Å². The molecule has 0 aliphatic carbocycles. The maximum absolute atomic E-state index is 4.45. The van der Waals surface area contributed by atoms with Crippen LogP contribution in [-0.2, 0) is 40.2 Å². The number of fused-ring (bicyclic) bond motifs is 7. The van der Waals surface area contributed by atoms with Gasteiger partial charge in [0.1, 0.15) is 0 Å². The Morgan fingerprint density at radius 3 is 1.16 bits per heavy atom. The van der Waals surface area contributed by atoms with Crippen LogP contribution in [0.4, 0.5) is 0 Å². The molecular weight excluding hydrogens is 1190 g/mol. The molecule has 0 saturated carbocycles. The third-order valence-electron chi connectivity index (χ3n) is 12.0. The van der Waals surface area contributed by atoms with Crippen LogP contribution in [0.15, 0.2) is 255 Å². The van der Waals surface area contributed by atoms with Gasteiger partial charge in [-0.05, 0) is 94.0 Å². The normalized spacial score (nSPS) is 10.7. The van der Waals surface area contributed by atoms with Gasteiger partial charge in [0.25, 0.3) is 0 Å². The summed E-state index contributed by atoms with van der Waals surface area (Å²) in [7, 11) is 0. The largest absolute Gasteiger partial charge is 0.309 e. The monoisotopic (exact) mass is 1230 g/mol. The molecule has 0 aliphatic heterocycles. The number of nitrogens with zero attached hydrogens (tertiary/aromatic N) is 4. The standard InChI is InChI=1S/C36H24N2.C15H10N.C11H8N.2Ir/c1-5-13-33-29(9-1)30-10-2-6-14-34(30)37(33)27-21-17-25(18-22-27)26-19-23-28(24-20-26)38-35-15-7-3-11-31(35)32-12-4-8-16-36(32)38;1-2-7-13(8-3-1)15-14-9-5-4-6-12(14)10-11-16-15;1-2-6-10(7-3-1)11-8-4-5-9-12-11;;/h1-24H;1-7,9-11H;1-6,8-9H;;/q;2*-1;;. The molecule has 0 bridgehead atoms. The van der Waals surface area contributed by atoms with Crippen LogP contribution in [0.2, 0.25) is 0 Å². The van der Waals surface area contributed by atoms with Crippen molar-refractivity contribution in [2.45, 2.75) is 0 Å². The maximum Gasteiger partial charge on any atom is 0.0541 e. The summed E-state index contributed by atoms with van der Waals surface area (Å²) >= 11 is 0. The number of rotatable bonds is 5. The number of aromatic nitrogens is 4. The molecule has 4 nitrogen and oxygen atoms in total. The van der Waals surface area contributed by atoms with Crippen molar-refractivity contribution in [3.05, 3.63) is 267 Å². The zero-order chi connectivity index (χ0) is 44.1. The summed E-state index contributed by atoms with van der Waals surface area (Å²) in [5.41, 5.74) is 13.8. The third kappa shape index (κ3) is 9.11. The van der Waals surface area contributed by atoms with Crippen molar-refractivity contribution in [2.75, 3.05) is 0 Å². The molecule has 6 heteroatoms. The van der Waals surface area contributed by atoms with E-state index in [1.54, 1.807) is 6.20 Å². The van der Waals surface area contributed by atoms with E-state index in [1.807, 2.05) is 91.1 Å². The van der Waals surface area contributed by atoms with Crippen molar-refractivity contribution in [1.82, 2.24) is 19.1 Å². The molecule has 0 aliphatic rings. The molecule has 0 fully saturated rings. The van der Waals surface area contributed by atoms with Gasteiger partial charge in [0.2, 0.25) is 0 Å². The van der Waals surface area contributed by atoms with E-state index in [4.69, 9.17) is 0 Å². The van der Waals surface area contributed by atoms with Crippen LogP contribution >= 0.6 is 0 Å². The van der Waals surface area contributed by atoms with Crippen molar-refractivity contribution in [3.8, 4) is 45.0 Å². The quantitative estimate of drug-likeness (QED) is 0.161. The van der Waals surface area contributed by atoms with Gasteiger partial charge in [-0.25, -0.2) is 0 Å². The van der Waals surface area contributed by atoms with E-state index >= 15 is 0 Å². The average Bonchev–Trinajstić information content (AvgIpc) is 3.93. The minimum absolute atomic E-state index is 0. The van der Waals surface area contributed by atoms with E-state index in [2.05, 4.69) is 189 Å². The summed E-state index contributed by atoms with van der Waals surface area (Å²) in [6, 6.07) is 90.7. The van der Waals surface area contributed by atoms with E-state index in [1.165, 1.54) is 76.9 Å². The smallest absolute Gasteiger partial charge is 0.0541 e. The maximum atomic E-state index is 4.45. The molecule has 68 heavy (non-hydrogen) atoms. The molecule has 0 N–H and O–H groups in total. The van der Waals surface area contributed by atoms with Crippen LogP contribution in [-0.4, -0.2) is 19.1 Å². The van der Waals surface area contributed by atoms with Gasteiger partial charge < -0.3 is 19.1 Å². The Morgan fingerprint density at radius 1 is 0.309 bits per heavy atom. The van der Waals surface area contributed by atoms with Gasteiger partial charge in [-0.1, -0.05) is 133 Å². The van der Waals surface area contributed by atoms with Crippen LogP contribution in [0, 0.1) is 12.1 Å². The zero-order valence-corrected chi connectivity index (χ0v) is 41.5. The van der Waals surface area contributed by atoms with Crippen LogP contribution in [0.25, 0.3) is 99.4 Å². The van der Waals surface area contributed by atoms with E-state index in [0.29, 0.717) is 0 Å². The van der Waals surface area contributed by atoms with Crippen LogP contribution < -0.4 is 0 Å². The summed E-state index contributed by atoms with van der Waals surface area (Å²) in [6.45, 7) is 0. The average molecular weight is 1230 g/mol. The zero-order valence-electron chi connectivity index (χ0n) is 36.7. The fourth-order valence-corrected chi connectivity index (χ4v) is 8.96. The molecule has 13 rings (SSSR count). The molecule has 330 valence electrons. The second kappa shape index (κ2) is 20.9. The Hall–Kier alpha value is -7.56.